The van der Waals surface area contributed by atoms with E-state index in [4.69, 9.17) is 0 Å². The number of aromatic nitrogens is 1. The van der Waals surface area contributed by atoms with Crippen LogP contribution in [0.4, 0.5) is 5.13 Å². The minimum Gasteiger partial charge on any atom is -0.360 e. The van der Waals surface area contributed by atoms with Gasteiger partial charge in [0.15, 0.2) is 5.13 Å². The molecule has 2 rings (SSSR count). The van der Waals surface area contributed by atoms with Crippen molar-refractivity contribution in [2.75, 3.05) is 29.1 Å². The van der Waals surface area contributed by atoms with E-state index in [-0.39, 0.29) is 0 Å². The standard InChI is InChI=1S/C8H11BrN2S3/c9-7-4-11-8(14-7)10-3-6-5-12-1-2-13-6/h4,6H,1-3,5H2,(H,10,11). The summed E-state index contributed by atoms with van der Waals surface area (Å²) < 4.78 is 1.09. The number of halogens is 1. The van der Waals surface area contributed by atoms with E-state index < -0.39 is 0 Å². The maximum Gasteiger partial charge on any atom is 0.183 e. The lowest BCUT2D eigenvalue weighted by molar-refractivity contribution is 1.00. The molecular formula is C8H11BrN2S3. The van der Waals surface area contributed by atoms with Gasteiger partial charge in [0, 0.05) is 29.1 Å². The number of rotatable bonds is 3. The highest BCUT2D eigenvalue weighted by Gasteiger charge is 2.14. The molecule has 0 radical (unpaired) electrons. The van der Waals surface area contributed by atoms with Crippen molar-refractivity contribution in [3.8, 4) is 0 Å². The molecule has 1 aromatic heterocycles. The summed E-state index contributed by atoms with van der Waals surface area (Å²) in [6, 6.07) is 0. The Morgan fingerprint density at radius 1 is 1.57 bits per heavy atom. The summed E-state index contributed by atoms with van der Waals surface area (Å²) in [4.78, 5) is 4.24. The molecule has 1 aliphatic heterocycles. The van der Waals surface area contributed by atoms with Gasteiger partial charge in [-0.25, -0.2) is 4.98 Å². The lowest BCUT2D eigenvalue weighted by Gasteiger charge is -2.20. The minimum atomic E-state index is 0.747. The van der Waals surface area contributed by atoms with Gasteiger partial charge in [-0.15, -0.1) is 0 Å². The fourth-order valence-electron chi connectivity index (χ4n) is 1.19. The highest BCUT2D eigenvalue weighted by atomic mass is 79.9. The molecule has 1 fully saturated rings. The van der Waals surface area contributed by atoms with Crippen molar-refractivity contribution in [3.05, 3.63) is 9.98 Å². The molecule has 2 nitrogen and oxygen atoms in total. The highest BCUT2D eigenvalue weighted by Crippen LogP contribution is 2.26. The van der Waals surface area contributed by atoms with Crippen LogP contribution in [0.3, 0.4) is 0 Å². The van der Waals surface area contributed by atoms with Gasteiger partial charge in [0.05, 0.1) is 9.98 Å². The van der Waals surface area contributed by atoms with Gasteiger partial charge in [-0.05, 0) is 15.9 Å². The van der Waals surface area contributed by atoms with Crippen LogP contribution in [0, 0.1) is 0 Å². The minimum absolute atomic E-state index is 0.747. The normalized spacial score (nSPS) is 22.2. The van der Waals surface area contributed by atoms with Gasteiger partial charge in [-0.2, -0.15) is 23.5 Å². The van der Waals surface area contributed by atoms with Gasteiger partial charge in [0.25, 0.3) is 0 Å². The summed E-state index contributed by atoms with van der Waals surface area (Å²) in [6.45, 7) is 1.04. The molecule has 78 valence electrons. The molecule has 0 aliphatic carbocycles. The average molecular weight is 311 g/mol. The lowest BCUT2D eigenvalue weighted by atomic mass is 10.5. The molecule has 0 bridgehead atoms. The Kier molecular flexibility index (Phi) is 4.46. The summed E-state index contributed by atoms with van der Waals surface area (Å²) in [5.74, 6) is 3.87. The van der Waals surface area contributed by atoms with Crippen LogP contribution in [-0.4, -0.2) is 34.0 Å². The second kappa shape index (κ2) is 5.63. The van der Waals surface area contributed by atoms with E-state index in [2.05, 4.69) is 49.8 Å². The Morgan fingerprint density at radius 2 is 2.50 bits per heavy atom. The predicted octanol–water partition coefficient (Wildman–Crippen LogP) is 3.17. The highest BCUT2D eigenvalue weighted by molar-refractivity contribution is 9.11. The number of nitrogens with zero attached hydrogens (tertiary/aromatic N) is 1. The fraction of sp³-hybridized carbons (Fsp3) is 0.625. The van der Waals surface area contributed by atoms with Crippen molar-refractivity contribution in [3.63, 3.8) is 0 Å². The van der Waals surface area contributed by atoms with Crippen LogP contribution in [0.15, 0.2) is 9.98 Å². The Morgan fingerprint density at radius 3 is 3.14 bits per heavy atom. The molecule has 0 spiro atoms. The van der Waals surface area contributed by atoms with Crippen molar-refractivity contribution < 1.29 is 0 Å². The summed E-state index contributed by atoms with van der Waals surface area (Å²) in [5.41, 5.74) is 0. The molecule has 1 saturated heterocycles. The van der Waals surface area contributed by atoms with Crippen LogP contribution in [0.1, 0.15) is 0 Å². The van der Waals surface area contributed by atoms with Gasteiger partial charge in [-0.3, -0.25) is 0 Å². The molecule has 2 heterocycles. The molecule has 1 aliphatic rings. The van der Waals surface area contributed by atoms with E-state index in [0.29, 0.717) is 0 Å². The molecule has 0 saturated carbocycles. The fourth-order valence-corrected chi connectivity index (χ4v) is 4.92. The zero-order chi connectivity index (χ0) is 9.80. The first kappa shape index (κ1) is 11.1. The molecule has 0 aromatic carbocycles. The second-order valence-corrected chi connectivity index (χ2v) is 7.89. The van der Waals surface area contributed by atoms with Crippen molar-refractivity contribution in [2.24, 2.45) is 0 Å². The van der Waals surface area contributed by atoms with E-state index in [0.717, 1.165) is 20.7 Å². The van der Waals surface area contributed by atoms with Gasteiger partial charge in [-0.1, -0.05) is 11.3 Å². The number of thiazole rings is 1. The number of nitrogens with one attached hydrogen (secondary N) is 1. The topological polar surface area (TPSA) is 24.9 Å². The maximum atomic E-state index is 4.24. The third-order valence-corrected chi connectivity index (χ3v) is 6.12. The lowest BCUT2D eigenvalue weighted by Crippen LogP contribution is -2.23. The zero-order valence-electron chi connectivity index (χ0n) is 7.53. The van der Waals surface area contributed by atoms with Gasteiger partial charge < -0.3 is 5.32 Å². The maximum absolute atomic E-state index is 4.24. The smallest absolute Gasteiger partial charge is 0.183 e. The third-order valence-electron chi connectivity index (χ3n) is 1.84. The van der Waals surface area contributed by atoms with E-state index in [1.807, 2.05) is 6.20 Å². The molecule has 1 atom stereocenters. The Balaban J connectivity index is 1.76. The summed E-state index contributed by atoms with van der Waals surface area (Å²) in [7, 11) is 0. The zero-order valence-corrected chi connectivity index (χ0v) is 11.6. The first-order chi connectivity index (χ1) is 6.84. The summed E-state index contributed by atoms with van der Waals surface area (Å²) in [5, 5.41) is 5.15. The number of hydrogen-bond acceptors (Lipinski definition) is 5. The Bertz CT molecular complexity index is 286. The van der Waals surface area contributed by atoms with E-state index in [1.54, 1.807) is 11.3 Å². The van der Waals surface area contributed by atoms with Gasteiger partial charge >= 0.3 is 0 Å². The van der Waals surface area contributed by atoms with E-state index >= 15 is 0 Å². The molecule has 0 amide bonds. The number of thioether (sulfide) groups is 2. The van der Waals surface area contributed by atoms with Crippen molar-refractivity contribution in [1.29, 1.82) is 0 Å². The molecule has 1 unspecified atom stereocenters. The predicted molar refractivity (Wildman–Crippen MR) is 71.9 cm³/mol. The Labute approximate surface area is 105 Å². The number of hydrogen-bond donors (Lipinski definition) is 1. The molecular weight excluding hydrogens is 300 g/mol. The largest absolute Gasteiger partial charge is 0.360 e. The quantitative estimate of drug-likeness (QED) is 0.927. The Hall–Kier alpha value is 0.610. The summed E-state index contributed by atoms with van der Waals surface area (Å²) >= 11 is 9.19. The second-order valence-electron chi connectivity index (χ2n) is 2.92. The molecule has 6 heteroatoms. The summed E-state index contributed by atoms with van der Waals surface area (Å²) in [6.07, 6.45) is 1.84. The van der Waals surface area contributed by atoms with E-state index in [1.165, 1.54) is 17.3 Å². The van der Waals surface area contributed by atoms with Crippen LogP contribution in [0.2, 0.25) is 0 Å². The van der Waals surface area contributed by atoms with Crippen molar-refractivity contribution in [2.45, 2.75) is 5.25 Å². The SMILES string of the molecule is Brc1cnc(NCC2CSCCS2)s1. The first-order valence-electron chi connectivity index (χ1n) is 4.39. The third kappa shape index (κ3) is 3.32. The van der Waals surface area contributed by atoms with Crippen LogP contribution in [0.25, 0.3) is 0 Å². The van der Waals surface area contributed by atoms with Crippen LogP contribution in [-0.2, 0) is 0 Å². The molecule has 14 heavy (non-hydrogen) atoms. The van der Waals surface area contributed by atoms with Gasteiger partial charge in [0.2, 0.25) is 0 Å². The number of anilines is 1. The van der Waals surface area contributed by atoms with Crippen LogP contribution < -0.4 is 5.32 Å². The van der Waals surface area contributed by atoms with E-state index in [9.17, 15) is 0 Å². The van der Waals surface area contributed by atoms with Crippen molar-refractivity contribution >= 4 is 55.9 Å². The average Bonchev–Trinajstić information content (AvgIpc) is 2.63. The van der Waals surface area contributed by atoms with Crippen LogP contribution in [0.5, 0.6) is 0 Å². The van der Waals surface area contributed by atoms with Gasteiger partial charge in [0.1, 0.15) is 0 Å². The van der Waals surface area contributed by atoms with Crippen molar-refractivity contribution in [1.82, 2.24) is 4.98 Å². The van der Waals surface area contributed by atoms with Crippen LogP contribution >= 0.6 is 50.8 Å². The monoisotopic (exact) mass is 310 g/mol. The first-order valence-corrected chi connectivity index (χ1v) is 8.20. The molecule has 1 aromatic rings. The molecule has 1 N–H and O–H groups in total.